The number of aromatic hydroxyl groups is 2. The Balaban J connectivity index is 1.85. The van der Waals surface area contributed by atoms with Crippen LogP contribution in [0.4, 0.5) is 0 Å². The molecule has 1 aliphatic heterocycles. The molecule has 2 aromatic carbocycles. The number of hydrogen-bond donors (Lipinski definition) is 4. The molecule has 0 bridgehead atoms. The minimum Gasteiger partial charge on any atom is -0.504 e. The van der Waals surface area contributed by atoms with Crippen LogP contribution in [-0.2, 0) is 11.2 Å². The van der Waals surface area contributed by atoms with Gasteiger partial charge >= 0.3 is 0 Å². The topological polar surface area (TPSA) is 109 Å². The molecule has 0 radical (unpaired) electrons. The number of rotatable bonds is 6. The summed E-state index contributed by atoms with van der Waals surface area (Å²) in [6.45, 7) is -0.176. The highest BCUT2D eigenvalue weighted by molar-refractivity contribution is 5.43. The van der Waals surface area contributed by atoms with Gasteiger partial charge in [0.25, 0.3) is 0 Å². The van der Waals surface area contributed by atoms with Crippen molar-refractivity contribution in [2.75, 3.05) is 20.8 Å². The summed E-state index contributed by atoms with van der Waals surface area (Å²) >= 11 is 0. The first-order chi connectivity index (χ1) is 13.0. The Kier molecular flexibility index (Phi) is 5.74. The lowest BCUT2D eigenvalue weighted by atomic mass is 9.83. The van der Waals surface area contributed by atoms with Crippen molar-refractivity contribution in [3.8, 4) is 23.0 Å². The third-order valence-electron chi connectivity index (χ3n) is 5.05. The van der Waals surface area contributed by atoms with E-state index in [-0.39, 0.29) is 29.9 Å². The van der Waals surface area contributed by atoms with E-state index in [4.69, 9.17) is 14.2 Å². The molecule has 3 rings (SSSR count). The monoisotopic (exact) mass is 376 g/mol. The van der Waals surface area contributed by atoms with Gasteiger partial charge < -0.3 is 34.6 Å². The van der Waals surface area contributed by atoms with Crippen LogP contribution in [0, 0.1) is 11.8 Å². The van der Waals surface area contributed by atoms with E-state index in [9.17, 15) is 20.4 Å². The quantitative estimate of drug-likeness (QED) is 0.610. The van der Waals surface area contributed by atoms with Crippen molar-refractivity contribution in [2.24, 2.45) is 11.8 Å². The minimum atomic E-state index is -1.06. The second-order valence-corrected chi connectivity index (χ2v) is 6.60. The molecular formula is C20H24O7. The first-order valence-electron chi connectivity index (χ1n) is 8.65. The van der Waals surface area contributed by atoms with Gasteiger partial charge in [0.1, 0.15) is 0 Å². The fourth-order valence-electron chi connectivity index (χ4n) is 3.59. The fourth-order valence-corrected chi connectivity index (χ4v) is 3.59. The molecule has 1 aliphatic rings. The number of phenols is 2. The third kappa shape index (κ3) is 3.80. The highest BCUT2D eigenvalue weighted by Crippen LogP contribution is 2.44. The van der Waals surface area contributed by atoms with Crippen LogP contribution < -0.4 is 9.47 Å². The van der Waals surface area contributed by atoms with E-state index in [1.807, 2.05) is 0 Å². The molecule has 0 amide bonds. The fraction of sp³-hybridized carbons (Fsp3) is 0.400. The van der Waals surface area contributed by atoms with Gasteiger partial charge in [-0.2, -0.15) is 0 Å². The van der Waals surface area contributed by atoms with Crippen LogP contribution in [0.5, 0.6) is 23.0 Å². The Morgan fingerprint density at radius 2 is 1.56 bits per heavy atom. The molecule has 2 aromatic rings. The van der Waals surface area contributed by atoms with Crippen molar-refractivity contribution < 1.29 is 34.6 Å². The maximum absolute atomic E-state index is 10.5. The Morgan fingerprint density at radius 1 is 0.926 bits per heavy atom. The van der Waals surface area contributed by atoms with Gasteiger partial charge in [0.2, 0.25) is 0 Å². The van der Waals surface area contributed by atoms with Gasteiger partial charge in [0.05, 0.1) is 20.3 Å². The summed E-state index contributed by atoms with van der Waals surface area (Å²) in [5.74, 6) is -0.0105. The molecule has 0 aliphatic carbocycles. The van der Waals surface area contributed by atoms with E-state index >= 15 is 0 Å². The number of hydrogen-bond acceptors (Lipinski definition) is 7. The van der Waals surface area contributed by atoms with Gasteiger partial charge in [-0.25, -0.2) is 0 Å². The standard InChI is InChI=1S/C20H24O7/c1-25-17-8-11(3-5-15(17)22)7-13-14(10-21)19(27-20(13)24)12-4-6-16(23)18(9-12)26-2/h3-6,8-9,13-14,19-24H,7,10H2,1-2H3/t13-,14-,19-,20-/m1/s1. The minimum absolute atomic E-state index is 0.00748. The number of aliphatic hydroxyl groups is 2. The molecule has 4 N–H and O–H groups in total. The summed E-state index contributed by atoms with van der Waals surface area (Å²) < 4.78 is 16.0. The van der Waals surface area contributed by atoms with Gasteiger partial charge in [0.15, 0.2) is 29.3 Å². The molecule has 7 heteroatoms. The van der Waals surface area contributed by atoms with Crippen LogP contribution in [0.2, 0.25) is 0 Å². The van der Waals surface area contributed by atoms with Crippen LogP contribution >= 0.6 is 0 Å². The van der Waals surface area contributed by atoms with E-state index in [2.05, 4.69) is 0 Å². The van der Waals surface area contributed by atoms with Gasteiger partial charge in [-0.3, -0.25) is 0 Å². The molecule has 1 saturated heterocycles. The van der Waals surface area contributed by atoms with Crippen molar-refractivity contribution >= 4 is 0 Å². The van der Waals surface area contributed by atoms with Crippen molar-refractivity contribution in [1.82, 2.24) is 0 Å². The summed E-state index contributed by atoms with van der Waals surface area (Å²) in [6, 6.07) is 9.80. The lowest BCUT2D eigenvalue weighted by molar-refractivity contribution is -0.109. The SMILES string of the molecule is COc1cc(C[C@@H]2[C@@H](CO)[C@@H](c3ccc(O)c(OC)c3)O[C@H]2O)ccc1O. The summed E-state index contributed by atoms with van der Waals surface area (Å²) in [4.78, 5) is 0. The van der Waals surface area contributed by atoms with E-state index in [1.54, 1.807) is 24.3 Å². The summed E-state index contributed by atoms with van der Waals surface area (Å²) in [6.07, 6.45) is -1.16. The molecule has 0 spiro atoms. The van der Waals surface area contributed by atoms with E-state index < -0.39 is 12.4 Å². The molecule has 4 atom stereocenters. The van der Waals surface area contributed by atoms with Gasteiger partial charge in [-0.1, -0.05) is 12.1 Å². The van der Waals surface area contributed by atoms with E-state index in [1.165, 1.54) is 26.4 Å². The average molecular weight is 376 g/mol. The van der Waals surface area contributed by atoms with E-state index in [0.717, 1.165) is 5.56 Å². The maximum Gasteiger partial charge on any atom is 0.160 e. The van der Waals surface area contributed by atoms with Gasteiger partial charge in [-0.05, 0) is 41.8 Å². The van der Waals surface area contributed by atoms with Crippen molar-refractivity contribution in [2.45, 2.75) is 18.8 Å². The molecule has 1 fully saturated rings. The predicted octanol–water partition coefficient (Wildman–Crippen LogP) is 1.97. The zero-order valence-corrected chi connectivity index (χ0v) is 15.2. The number of aliphatic hydroxyl groups excluding tert-OH is 2. The molecule has 0 unspecified atom stereocenters. The first kappa shape index (κ1) is 19.3. The molecule has 1 heterocycles. The Labute approximate surface area is 157 Å². The molecule has 7 nitrogen and oxygen atoms in total. The normalized spacial score (nSPS) is 24.7. The number of methoxy groups -OCH3 is 2. The molecule has 27 heavy (non-hydrogen) atoms. The third-order valence-corrected chi connectivity index (χ3v) is 5.05. The van der Waals surface area contributed by atoms with Gasteiger partial charge in [-0.15, -0.1) is 0 Å². The maximum atomic E-state index is 10.5. The lowest BCUT2D eigenvalue weighted by Gasteiger charge is -2.22. The number of phenolic OH excluding ortho intramolecular Hbond substituents is 2. The highest BCUT2D eigenvalue weighted by atomic mass is 16.6. The Hall–Kier alpha value is -2.48. The average Bonchev–Trinajstić information content (AvgIpc) is 2.99. The number of ether oxygens (including phenoxy) is 3. The summed E-state index contributed by atoms with van der Waals surface area (Å²) in [5, 5.41) is 39.9. The van der Waals surface area contributed by atoms with Crippen molar-refractivity contribution in [3.63, 3.8) is 0 Å². The summed E-state index contributed by atoms with van der Waals surface area (Å²) in [5.41, 5.74) is 1.55. The van der Waals surface area contributed by atoms with Crippen LogP contribution in [0.15, 0.2) is 36.4 Å². The molecular weight excluding hydrogens is 352 g/mol. The van der Waals surface area contributed by atoms with Crippen molar-refractivity contribution in [1.29, 1.82) is 0 Å². The molecule has 0 saturated carbocycles. The Morgan fingerprint density at radius 3 is 2.19 bits per heavy atom. The second-order valence-electron chi connectivity index (χ2n) is 6.60. The zero-order valence-electron chi connectivity index (χ0n) is 15.2. The van der Waals surface area contributed by atoms with Crippen LogP contribution in [0.25, 0.3) is 0 Å². The van der Waals surface area contributed by atoms with Gasteiger partial charge in [0, 0.05) is 18.4 Å². The molecule has 146 valence electrons. The predicted molar refractivity (Wildman–Crippen MR) is 96.9 cm³/mol. The smallest absolute Gasteiger partial charge is 0.160 e. The van der Waals surface area contributed by atoms with E-state index in [0.29, 0.717) is 23.5 Å². The number of benzene rings is 2. The van der Waals surface area contributed by atoms with Crippen molar-refractivity contribution in [3.05, 3.63) is 47.5 Å². The lowest BCUT2D eigenvalue weighted by Crippen LogP contribution is -2.25. The van der Waals surface area contributed by atoms with Crippen LogP contribution in [0.3, 0.4) is 0 Å². The van der Waals surface area contributed by atoms with Crippen LogP contribution in [0.1, 0.15) is 17.2 Å². The molecule has 0 aromatic heterocycles. The first-order valence-corrected chi connectivity index (χ1v) is 8.65. The zero-order chi connectivity index (χ0) is 19.6. The highest BCUT2D eigenvalue weighted by Gasteiger charge is 2.44. The Bertz CT molecular complexity index is 792. The second kappa shape index (κ2) is 8.04. The van der Waals surface area contributed by atoms with Crippen LogP contribution in [-0.4, -0.2) is 47.5 Å². The largest absolute Gasteiger partial charge is 0.504 e. The summed E-state index contributed by atoms with van der Waals surface area (Å²) in [7, 11) is 2.92.